The van der Waals surface area contributed by atoms with E-state index in [1.165, 1.54) is 23.5 Å². The molecule has 0 atom stereocenters. The number of sulfonamides is 1. The van der Waals surface area contributed by atoms with Crippen LogP contribution in [0, 0.1) is 0 Å². The summed E-state index contributed by atoms with van der Waals surface area (Å²) in [5.41, 5.74) is 1.73. The Hall–Kier alpha value is -3.32. The lowest BCUT2D eigenvalue weighted by Crippen LogP contribution is -2.27. The maximum atomic E-state index is 12.9. The smallest absolute Gasteiger partial charge is 0.264 e. The van der Waals surface area contributed by atoms with Crippen LogP contribution in [-0.4, -0.2) is 28.5 Å². The Bertz CT molecular complexity index is 1080. The zero-order valence-corrected chi connectivity index (χ0v) is 17.0. The van der Waals surface area contributed by atoms with Crippen molar-refractivity contribution in [1.29, 1.82) is 0 Å². The minimum atomic E-state index is -3.78. The molecule has 0 spiro atoms. The molecule has 0 aliphatic carbocycles. The van der Waals surface area contributed by atoms with Gasteiger partial charge in [0.25, 0.3) is 15.9 Å². The third kappa shape index (κ3) is 4.75. The Kier molecular flexibility index (Phi) is 6.19. The van der Waals surface area contributed by atoms with Crippen molar-refractivity contribution in [2.45, 2.75) is 11.4 Å². The largest absolute Gasteiger partial charge is 0.497 e. The highest BCUT2D eigenvalue weighted by atomic mass is 32.2. The molecule has 150 valence electrons. The third-order valence-corrected chi connectivity index (χ3v) is 6.27. The summed E-state index contributed by atoms with van der Waals surface area (Å²) in [4.78, 5) is 12.6. The highest BCUT2D eigenvalue weighted by molar-refractivity contribution is 7.92. The number of benzene rings is 3. The minimum Gasteiger partial charge on any atom is -0.497 e. The lowest BCUT2D eigenvalue weighted by atomic mass is 10.2. The average Bonchev–Trinajstić information content (AvgIpc) is 2.78. The summed E-state index contributed by atoms with van der Waals surface area (Å²) < 4.78 is 32.2. The van der Waals surface area contributed by atoms with Gasteiger partial charge in [0.1, 0.15) is 5.75 Å². The van der Waals surface area contributed by atoms with Gasteiger partial charge in [-0.15, -0.1) is 0 Å². The molecule has 1 amide bonds. The van der Waals surface area contributed by atoms with E-state index in [9.17, 15) is 13.2 Å². The Morgan fingerprint density at radius 2 is 1.66 bits per heavy atom. The molecule has 3 rings (SSSR count). The van der Waals surface area contributed by atoms with E-state index in [4.69, 9.17) is 4.74 Å². The van der Waals surface area contributed by atoms with E-state index in [1.54, 1.807) is 43.5 Å². The molecule has 0 aliphatic rings. The maximum absolute atomic E-state index is 12.9. The zero-order chi connectivity index (χ0) is 20.9. The quantitative estimate of drug-likeness (QED) is 0.647. The number of hydrogen-bond donors (Lipinski definition) is 1. The Labute approximate surface area is 170 Å². The van der Waals surface area contributed by atoms with Crippen LogP contribution >= 0.6 is 0 Å². The number of ether oxygens (including phenoxy) is 1. The molecule has 0 unspecified atom stereocenters. The summed E-state index contributed by atoms with van der Waals surface area (Å²) in [5, 5.41) is 2.80. The number of nitrogens with zero attached hydrogens (tertiary/aromatic N) is 1. The topological polar surface area (TPSA) is 75.7 Å². The van der Waals surface area contributed by atoms with E-state index in [2.05, 4.69) is 5.32 Å². The average molecular weight is 410 g/mol. The van der Waals surface area contributed by atoms with Crippen molar-refractivity contribution < 1.29 is 17.9 Å². The van der Waals surface area contributed by atoms with Crippen LogP contribution in [0.1, 0.15) is 15.9 Å². The van der Waals surface area contributed by atoms with Crippen molar-refractivity contribution >= 4 is 21.6 Å². The summed E-state index contributed by atoms with van der Waals surface area (Å²) in [6.07, 6.45) is 0. The van der Waals surface area contributed by atoms with Crippen molar-refractivity contribution in [3.63, 3.8) is 0 Å². The second kappa shape index (κ2) is 8.79. The number of hydrogen-bond acceptors (Lipinski definition) is 4. The van der Waals surface area contributed by atoms with Gasteiger partial charge >= 0.3 is 0 Å². The molecular formula is C22H22N2O4S. The van der Waals surface area contributed by atoms with E-state index >= 15 is 0 Å². The number of rotatable bonds is 7. The molecule has 0 fully saturated rings. The summed E-state index contributed by atoms with van der Waals surface area (Å²) in [6, 6.07) is 22.1. The first-order chi connectivity index (χ1) is 13.9. The monoisotopic (exact) mass is 410 g/mol. The zero-order valence-electron chi connectivity index (χ0n) is 16.2. The second-order valence-corrected chi connectivity index (χ2v) is 8.34. The molecule has 3 aromatic rings. The van der Waals surface area contributed by atoms with Gasteiger partial charge < -0.3 is 10.1 Å². The van der Waals surface area contributed by atoms with Crippen molar-refractivity contribution in [3.05, 3.63) is 90.0 Å². The Morgan fingerprint density at radius 3 is 2.31 bits per heavy atom. The molecule has 0 saturated carbocycles. The summed E-state index contributed by atoms with van der Waals surface area (Å²) in [7, 11) is -0.706. The van der Waals surface area contributed by atoms with Crippen molar-refractivity contribution in [2.24, 2.45) is 0 Å². The normalized spacial score (nSPS) is 11.0. The second-order valence-electron chi connectivity index (χ2n) is 6.37. The van der Waals surface area contributed by atoms with E-state index in [0.29, 0.717) is 12.2 Å². The van der Waals surface area contributed by atoms with Crippen LogP contribution in [0.15, 0.2) is 83.8 Å². The molecule has 0 bridgehead atoms. The molecule has 1 N–H and O–H groups in total. The highest BCUT2D eigenvalue weighted by Crippen LogP contribution is 2.22. The first-order valence-corrected chi connectivity index (χ1v) is 10.4. The van der Waals surface area contributed by atoms with Crippen LogP contribution in [0.25, 0.3) is 0 Å². The van der Waals surface area contributed by atoms with Gasteiger partial charge in [-0.2, -0.15) is 0 Å². The SMILES string of the molecule is COc1ccc(CNC(=O)c2cccc(S(=O)(=O)N(C)c3ccccc3)c2)cc1. The van der Waals surface area contributed by atoms with Gasteiger partial charge in [-0.05, 0) is 48.0 Å². The molecule has 0 radical (unpaired) electrons. The number of amides is 1. The van der Waals surface area contributed by atoms with Gasteiger partial charge in [0.2, 0.25) is 0 Å². The standard InChI is InChI=1S/C22H22N2O4S/c1-24(19-8-4-3-5-9-19)29(26,27)21-10-6-7-18(15-21)22(25)23-16-17-11-13-20(28-2)14-12-17/h3-15H,16H2,1-2H3,(H,23,25). The predicted molar refractivity (Wildman–Crippen MR) is 113 cm³/mol. The highest BCUT2D eigenvalue weighted by Gasteiger charge is 2.22. The third-order valence-electron chi connectivity index (χ3n) is 4.49. The van der Waals surface area contributed by atoms with Crippen LogP contribution in [-0.2, 0) is 16.6 Å². The van der Waals surface area contributed by atoms with Crippen molar-refractivity contribution in [2.75, 3.05) is 18.5 Å². The Morgan fingerprint density at radius 1 is 0.966 bits per heavy atom. The van der Waals surface area contributed by atoms with E-state index in [0.717, 1.165) is 11.3 Å². The number of carbonyl (C=O) groups is 1. The van der Waals surface area contributed by atoms with Gasteiger partial charge in [-0.25, -0.2) is 8.42 Å². The maximum Gasteiger partial charge on any atom is 0.264 e. The number of anilines is 1. The number of carbonyl (C=O) groups excluding carboxylic acids is 1. The Balaban J connectivity index is 1.75. The van der Waals surface area contributed by atoms with Gasteiger partial charge in [-0.3, -0.25) is 9.10 Å². The van der Waals surface area contributed by atoms with Crippen LogP contribution in [0.4, 0.5) is 5.69 Å². The molecule has 7 heteroatoms. The van der Waals surface area contributed by atoms with Crippen LogP contribution in [0.5, 0.6) is 5.75 Å². The van der Waals surface area contributed by atoms with E-state index in [-0.39, 0.29) is 16.4 Å². The molecular weight excluding hydrogens is 388 g/mol. The fourth-order valence-corrected chi connectivity index (χ4v) is 4.00. The van der Waals surface area contributed by atoms with E-state index < -0.39 is 10.0 Å². The molecule has 3 aromatic carbocycles. The predicted octanol–water partition coefficient (Wildman–Crippen LogP) is 3.45. The van der Waals surface area contributed by atoms with Crippen LogP contribution in [0.3, 0.4) is 0 Å². The molecule has 0 saturated heterocycles. The molecule has 29 heavy (non-hydrogen) atoms. The van der Waals surface area contributed by atoms with Crippen molar-refractivity contribution in [3.8, 4) is 5.75 Å². The fourth-order valence-electron chi connectivity index (χ4n) is 2.76. The van der Waals surface area contributed by atoms with Crippen molar-refractivity contribution in [1.82, 2.24) is 5.32 Å². The minimum absolute atomic E-state index is 0.0564. The number of para-hydroxylation sites is 1. The van der Waals surface area contributed by atoms with Gasteiger partial charge in [-0.1, -0.05) is 36.4 Å². The molecule has 0 heterocycles. The van der Waals surface area contributed by atoms with Gasteiger partial charge in [0.15, 0.2) is 0 Å². The molecule has 6 nitrogen and oxygen atoms in total. The first kappa shape index (κ1) is 20.4. The summed E-state index contributed by atoms with van der Waals surface area (Å²) >= 11 is 0. The lowest BCUT2D eigenvalue weighted by molar-refractivity contribution is 0.0950. The number of methoxy groups -OCH3 is 1. The van der Waals surface area contributed by atoms with Crippen LogP contribution in [0.2, 0.25) is 0 Å². The van der Waals surface area contributed by atoms with Gasteiger partial charge in [0, 0.05) is 19.2 Å². The fraction of sp³-hybridized carbons (Fsp3) is 0.136. The summed E-state index contributed by atoms with van der Waals surface area (Å²) in [5.74, 6) is 0.390. The molecule has 0 aliphatic heterocycles. The van der Waals surface area contributed by atoms with E-state index in [1.807, 2.05) is 30.3 Å². The molecule has 0 aromatic heterocycles. The summed E-state index contributed by atoms with van der Waals surface area (Å²) in [6.45, 7) is 0.323. The van der Waals surface area contributed by atoms with Crippen LogP contribution < -0.4 is 14.4 Å². The first-order valence-electron chi connectivity index (χ1n) is 8.97. The number of nitrogens with one attached hydrogen (secondary N) is 1. The lowest BCUT2D eigenvalue weighted by Gasteiger charge is -2.19. The van der Waals surface area contributed by atoms with Gasteiger partial charge in [0.05, 0.1) is 17.7 Å².